The summed E-state index contributed by atoms with van der Waals surface area (Å²) in [4.78, 5) is 24.5. The fraction of sp³-hybridized carbons (Fsp3) is 0.190. The smallest absolute Gasteiger partial charge is 0.266 e. The number of benzene rings is 2. The number of aromatic nitrogens is 2. The van der Waals surface area contributed by atoms with Gasteiger partial charge in [0.15, 0.2) is 6.10 Å². The van der Waals surface area contributed by atoms with E-state index in [-0.39, 0.29) is 18.2 Å². The van der Waals surface area contributed by atoms with Crippen LogP contribution in [0.5, 0.6) is 5.75 Å². The Morgan fingerprint density at radius 3 is 2.96 bits per heavy atom. The Morgan fingerprint density at radius 2 is 2.11 bits per heavy atom. The van der Waals surface area contributed by atoms with Crippen LogP contribution in [0.25, 0.3) is 0 Å². The number of amides is 2. The number of nitrogens with one attached hydrogen (secondary N) is 2. The lowest BCUT2D eigenvalue weighted by atomic mass is 10.1. The SMILES string of the molecule is Cc1cccc(Cn2cc(NC(=O)CC3Oc4ccccc4NC3=O)cn2)c1. The Hall–Kier alpha value is -3.61. The average Bonchev–Trinajstić information content (AvgIpc) is 3.09. The van der Waals surface area contributed by atoms with Crippen molar-refractivity contribution in [3.8, 4) is 5.75 Å². The molecule has 0 saturated carbocycles. The van der Waals surface area contributed by atoms with Gasteiger partial charge < -0.3 is 15.4 Å². The first-order chi connectivity index (χ1) is 13.6. The van der Waals surface area contributed by atoms with Crippen molar-refractivity contribution in [2.24, 2.45) is 0 Å². The minimum Gasteiger partial charge on any atom is -0.478 e. The molecule has 142 valence electrons. The largest absolute Gasteiger partial charge is 0.478 e. The predicted octanol–water partition coefficient (Wildman–Crippen LogP) is 2.97. The van der Waals surface area contributed by atoms with Crippen molar-refractivity contribution in [2.45, 2.75) is 26.0 Å². The van der Waals surface area contributed by atoms with Gasteiger partial charge in [0, 0.05) is 6.20 Å². The van der Waals surface area contributed by atoms with Crippen LogP contribution in [0.3, 0.4) is 0 Å². The first-order valence-electron chi connectivity index (χ1n) is 9.01. The summed E-state index contributed by atoms with van der Waals surface area (Å²) in [6.07, 6.45) is 2.41. The van der Waals surface area contributed by atoms with Crippen molar-refractivity contribution in [2.75, 3.05) is 10.6 Å². The van der Waals surface area contributed by atoms with Crippen LogP contribution in [-0.2, 0) is 16.1 Å². The molecule has 0 fully saturated rings. The zero-order chi connectivity index (χ0) is 19.5. The molecular weight excluding hydrogens is 356 g/mol. The van der Waals surface area contributed by atoms with Crippen molar-refractivity contribution in [1.82, 2.24) is 9.78 Å². The molecule has 0 saturated heterocycles. The third-order valence-corrected chi connectivity index (χ3v) is 4.42. The van der Waals surface area contributed by atoms with E-state index >= 15 is 0 Å². The highest BCUT2D eigenvalue weighted by molar-refractivity contribution is 6.01. The molecule has 1 unspecified atom stereocenters. The lowest BCUT2D eigenvalue weighted by Crippen LogP contribution is -2.39. The van der Waals surface area contributed by atoms with Gasteiger partial charge in [0.25, 0.3) is 5.91 Å². The number of carbonyl (C=O) groups is 2. The minimum atomic E-state index is -0.864. The molecule has 0 bridgehead atoms. The Bertz CT molecular complexity index is 1030. The van der Waals surface area contributed by atoms with Crippen LogP contribution < -0.4 is 15.4 Å². The minimum absolute atomic E-state index is 0.0801. The maximum atomic E-state index is 12.3. The molecule has 0 radical (unpaired) electrons. The van der Waals surface area contributed by atoms with Gasteiger partial charge >= 0.3 is 0 Å². The molecule has 2 N–H and O–H groups in total. The summed E-state index contributed by atoms with van der Waals surface area (Å²) in [6, 6.07) is 15.3. The molecule has 1 aliphatic heterocycles. The molecule has 4 rings (SSSR count). The number of fused-ring (bicyclic) bond motifs is 1. The number of anilines is 2. The maximum absolute atomic E-state index is 12.3. The van der Waals surface area contributed by atoms with Crippen molar-refractivity contribution < 1.29 is 14.3 Å². The van der Waals surface area contributed by atoms with Gasteiger partial charge in [-0.3, -0.25) is 14.3 Å². The van der Waals surface area contributed by atoms with Crippen LogP contribution in [0.15, 0.2) is 60.9 Å². The number of ether oxygens (including phenoxy) is 1. The number of aryl methyl sites for hydroxylation is 1. The molecule has 1 aliphatic rings. The van der Waals surface area contributed by atoms with E-state index in [2.05, 4.69) is 21.8 Å². The second kappa shape index (κ2) is 7.56. The number of hydrogen-bond acceptors (Lipinski definition) is 4. The number of rotatable bonds is 5. The monoisotopic (exact) mass is 376 g/mol. The van der Waals surface area contributed by atoms with Crippen LogP contribution in [0, 0.1) is 6.92 Å². The van der Waals surface area contributed by atoms with E-state index in [0.717, 1.165) is 5.56 Å². The standard InChI is InChI=1S/C21H20N4O3/c1-14-5-4-6-15(9-14)12-25-13-16(11-22-25)23-20(26)10-19-21(27)24-17-7-2-3-8-18(17)28-19/h2-9,11,13,19H,10,12H2,1H3,(H,23,26)(H,24,27). The molecule has 0 spiro atoms. The summed E-state index contributed by atoms with van der Waals surface area (Å²) in [6.45, 7) is 2.66. The van der Waals surface area contributed by atoms with Crippen LogP contribution >= 0.6 is 0 Å². The van der Waals surface area contributed by atoms with E-state index in [0.29, 0.717) is 23.7 Å². The van der Waals surface area contributed by atoms with Crippen LogP contribution in [-0.4, -0.2) is 27.7 Å². The number of para-hydroxylation sites is 2. The highest BCUT2D eigenvalue weighted by Gasteiger charge is 2.29. The van der Waals surface area contributed by atoms with Crippen LogP contribution in [0.2, 0.25) is 0 Å². The molecule has 1 aromatic heterocycles. The van der Waals surface area contributed by atoms with Gasteiger partial charge in [0.2, 0.25) is 5.91 Å². The summed E-state index contributed by atoms with van der Waals surface area (Å²) in [5, 5.41) is 9.80. The predicted molar refractivity (Wildman–Crippen MR) is 105 cm³/mol. The van der Waals surface area contributed by atoms with E-state index in [9.17, 15) is 9.59 Å². The van der Waals surface area contributed by atoms with E-state index in [4.69, 9.17) is 4.74 Å². The summed E-state index contributed by atoms with van der Waals surface area (Å²) in [5.74, 6) is -0.0792. The maximum Gasteiger partial charge on any atom is 0.266 e. The lowest BCUT2D eigenvalue weighted by Gasteiger charge is -2.25. The number of hydrogen-bond donors (Lipinski definition) is 2. The Morgan fingerprint density at radius 1 is 1.25 bits per heavy atom. The van der Waals surface area contributed by atoms with Crippen LogP contribution in [0.4, 0.5) is 11.4 Å². The highest BCUT2D eigenvalue weighted by atomic mass is 16.5. The van der Waals surface area contributed by atoms with Gasteiger partial charge in [-0.15, -0.1) is 0 Å². The van der Waals surface area contributed by atoms with Crippen molar-refractivity contribution in [1.29, 1.82) is 0 Å². The molecule has 7 nitrogen and oxygen atoms in total. The summed E-state index contributed by atoms with van der Waals surface area (Å²) in [7, 11) is 0. The molecule has 2 heterocycles. The molecule has 0 aliphatic carbocycles. The molecule has 3 aromatic rings. The van der Waals surface area contributed by atoms with Gasteiger partial charge in [-0.05, 0) is 24.6 Å². The quantitative estimate of drug-likeness (QED) is 0.717. The Balaban J connectivity index is 1.36. The van der Waals surface area contributed by atoms with E-state index in [1.165, 1.54) is 5.56 Å². The molecule has 2 amide bonds. The van der Waals surface area contributed by atoms with Gasteiger partial charge in [0.05, 0.1) is 30.5 Å². The van der Waals surface area contributed by atoms with E-state index < -0.39 is 6.10 Å². The van der Waals surface area contributed by atoms with Crippen molar-refractivity contribution in [3.63, 3.8) is 0 Å². The third kappa shape index (κ3) is 4.03. The first-order valence-corrected chi connectivity index (χ1v) is 9.01. The average molecular weight is 376 g/mol. The highest BCUT2D eigenvalue weighted by Crippen LogP contribution is 2.29. The lowest BCUT2D eigenvalue weighted by molar-refractivity contribution is -0.128. The first kappa shape index (κ1) is 17.8. The van der Waals surface area contributed by atoms with E-state index in [1.54, 1.807) is 29.2 Å². The Labute approximate surface area is 162 Å². The Kier molecular flexibility index (Phi) is 4.80. The van der Waals surface area contributed by atoms with Crippen LogP contribution in [0.1, 0.15) is 17.5 Å². The number of carbonyl (C=O) groups excluding carboxylic acids is 2. The molecule has 7 heteroatoms. The van der Waals surface area contributed by atoms with Gasteiger partial charge in [-0.25, -0.2) is 0 Å². The zero-order valence-corrected chi connectivity index (χ0v) is 15.4. The van der Waals surface area contributed by atoms with Crippen molar-refractivity contribution in [3.05, 3.63) is 72.1 Å². The molecule has 28 heavy (non-hydrogen) atoms. The number of nitrogens with zero attached hydrogens (tertiary/aromatic N) is 2. The summed E-state index contributed by atoms with van der Waals surface area (Å²) < 4.78 is 7.41. The van der Waals surface area contributed by atoms with Crippen molar-refractivity contribution >= 4 is 23.2 Å². The zero-order valence-electron chi connectivity index (χ0n) is 15.4. The third-order valence-electron chi connectivity index (χ3n) is 4.42. The summed E-state index contributed by atoms with van der Waals surface area (Å²) in [5.41, 5.74) is 3.51. The molecule has 2 aromatic carbocycles. The van der Waals surface area contributed by atoms with Gasteiger partial charge in [0.1, 0.15) is 5.75 Å². The second-order valence-electron chi connectivity index (χ2n) is 6.76. The second-order valence-corrected chi connectivity index (χ2v) is 6.76. The summed E-state index contributed by atoms with van der Waals surface area (Å²) >= 11 is 0. The molecule has 1 atom stereocenters. The normalized spacial score (nSPS) is 15.3. The topological polar surface area (TPSA) is 85.3 Å². The van der Waals surface area contributed by atoms with E-state index in [1.807, 2.05) is 37.3 Å². The van der Waals surface area contributed by atoms with Gasteiger partial charge in [-0.2, -0.15) is 5.10 Å². The molecular formula is C21H20N4O3. The fourth-order valence-electron chi connectivity index (χ4n) is 3.12. The van der Waals surface area contributed by atoms with Gasteiger partial charge in [-0.1, -0.05) is 42.0 Å². The fourth-order valence-corrected chi connectivity index (χ4v) is 3.12.